The number of carbonyl (C=O) groups excluding carboxylic acids is 2. The number of hydrogen-bond donors (Lipinski definition) is 2. The van der Waals surface area contributed by atoms with E-state index in [0.29, 0.717) is 25.9 Å². The van der Waals surface area contributed by atoms with Crippen LogP contribution in [-0.4, -0.2) is 36.3 Å². The molecule has 0 heterocycles. The van der Waals surface area contributed by atoms with Crippen LogP contribution in [0.5, 0.6) is 0 Å². The van der Waals surface area contributed by atoms with Crippen molar-refractivity contribution in [2.24, 2.45) is 5.73 Å². The van der Waals surface area contributed by atoms with E-state index in [1.165, 1.54) is 0 Å². The van der Waals surface area contributed by atoms with Crippen molar-refractivity contribution in [3.63, 3.8) is 0 Å². The Morgan fingerprint density at radius 1 is 1.12 bits per heavy atom. The summed E-state index contributed by atoms with van der Waals surface area (Å²) in [4.78, 5) is 22.0. The molecule has 0 bridgehead atoms. The first-order chi connectivity index (χ1) is 8.16. The van der Waals surface area contributed by atoms with Crippen LogP contribution in [0.15, 0.2) is 0 Å². The van der Waals surface area contributed by atoms with Crippen LogP contribution in [0.3, 0.4) is 0 Å². The van der Waals surface area contributed by atoms with Gasteiger partial charge in [-0.2, -0.15) is 0 Å². The van der Waals surface area contributed by atoms with Crippen LogP contribution in [0.4, 0.5) is 0 Å². The zero-order valence-corrected chi connectivity index (χ0v) is 12.0. The van der Waals surface area contributed by atoms with Gasteiger partial charge in [0.2, 0.25) is 5.91 Å². The van der Waals surface area contributed by atoms with Gasteiger partial charge in [0.05, 0.1) is 0 Å². The fourth-order valence-electron chi connectivity index (χ4n) is 1.15. The van der Waals surface area contributed by atoms with Gasteiger partial charge in [0, 0.05) is 37.4 Å². The number of carbonyl (C=O) groups is 2. The van der Waals surface area contributed by atoms with E-state index in [2.05, 4.69) is 5.32 Å². The summed E-state index contributed by atoms with van der Waals surface area (Å²) in [5.41, 5.74) is 5.35. The monoisotopic (exact) mass is 278 g/mol. The molecule has 6 heteroatoms. The highest BCUT2D eigenvalue weighted by atomic mass is 33.1. The number of nitrogens with two attached hydrogens (primary N) is 1. The first kappa shape index (κ1) is 16.8. The fourth-order valence-corrected chi connectivity index (χ4v) is 2.91. The van der Waals surface area contributed by atoms with Gasteiger partial charge in [0.15, 0.2) is 0 Å². The molecule has 0 aromatic carbocycles. The zero-order valence-electron chi connectivity index (χ0n) is 10.4. The van der Waals surface area contributed by atoms with Crippen molar-refractivity contribution in [2.75, 3.05) is 24.6 Å². The second-order valence-corrected chi connectivity index (χ2v) is 6.39. The quantitative estimate of drug-likeness (QED) is 0.443. The third kappa shape index (κ3) is 13.7. The van der Waals surface area contributed by atoms with Crippen molar-refractivity contribution in [3.8, 4) is 0 Å². The Balaban J connectivity index is 3.20. The largest absolute Gasteiger partial charge is 0.355 e. The summed E-state index contributed by atoms with van der Waals surface area (Å²) in [6.07, 6.45) is 2.71. The molecule has 0 rings (SSSR count). The van der Waals surface area contributed by atoms with Gasteiger partial charge in [-0.1, -0.05) is 21.6 Å². The van der Waals surface area contributed by atoms with Crippen molar-refractivity contribution < 1.29 is 9.59 Å². The minimum Gasteiger partial charge on any atom is -0.355 e. The summed E-state index contributed by atoms with van der Waals surface area (Å²) in [5, 5.41) is 2.86. The molecule has 0 atom stereocenters. The summed E-state index contributed by atoms with van der Waals surface area (Å²) in [6, 6.07) is 0. The van der Waals surface area contributed by atoms with Gasteiger partial charge in [-0.3, -0.25) is 4.79 Å². The van der Waals surface area contributed by atoms with Crippen molar-refractivity contribution in [1.29, 1.82) is 0 Å². The number of amides is 1. The molecule has 0 aliphatic carbocycles. The van der Waals surface area contributed by atoms with Crippen LogP contribution < -0.4 is 11.1 Å². The average Bonchev–Trinajstić information content (AvgIpc) is 2.29. The lowest BCUT2D eigenvalue weighted by molar-refractivity contribution is -0.121. The van der Waals surface area contributed by atoms with Crippen LogP contribution in [-0.2, 0) is 9.59 Å². The molecule has 0 saturated carbocycles. The summed E-state index contributed by atoms with van der Waals surface area (Å²) in [6.45, 7) is 2.98. The number of nitrogens with one attached hydrogen (secondary N) is 1. The minimum absolute atomic E-state index is 0.0815. The SMILES string of the molecule is CC(=O)CCCCC(=O)NCCSSCCN. The predicted octanol–water partition coefficient (Wildman–Crippen LogP) is 1.59. The summed E-state index contributed by atoms with van der Waals surface area (Å²) in [5.74, 6) is 2.13. The smallest absolute Gasteiger partial charge is 0.220 e. The third-order valence-electron chi connectivity index (χ3n) is 1.97. The van der Waals surface area contributed by atoms with E-state index in [4.69, 9.17) is 5.73 Å². The minimum atomic E-state index is 0.0815. The maximum absolute atomic E-state index is 11.3. The number of ketones is 1. The molecule has 0 aliphatic rings. The Morgan fingerprint density at radius 3 is 2.41 bits per heavy atom. The second-order valence-electron chi connectivity index (χ2n) is 3.69. The van der Waals surface area contributed by atoms with Gasteiger partial charge in [-0.15, -0.1) is 0 Å². The molecule has 0 fully saturated rings. The molecule has 4 nitrogen and oxygen atoms in total. The van der Waals surface area contributed by atoms with E-state index < -0.39 is 0 Å². The van der Waals surface area contributed by atoms with Gasteiger partial charge < -0.3 is 15.8 Å². The van der Waals surface area contributed by atoms with Crippen molar-refractivity contribution >= 4 is 33.3 Å². The lowest BCUT2D eigenvalue weighted by Crippen LogP contribution is -2.25. The first-order valence-corrected chi connectivity index (χ1v) is 8.36. The molecule has 3 N–H and O–H groups in total. The van der Waals surface area contributed by atoms with Gasteiger partial charge in [-0.05, 0) is 19.8 Å². The van der Waals surface area contributed by atoms with Crippen molar-refractivity contribution in [2.45, 2.75) is 32.6 Å². The molecule has 0 aliphatic heterocycles. The number of unbranched alkanes of at least 4 members (excludes halogenated alkanes) is 1. The standard InChI is InChI=1S/C11H22N2O2S2/c1-10(14)4-2-3-5-11(15)13-7-9-17-16-8-6-12/h2-9,12H2,1H3,(H,13,15). The Hall–Kier alpha value is -0.200. The zero-order chi connectivity index (χ0) is 12.9. The topological polar surface area (TPSA) is 72.2 Å². The van der Waals surface area contributed by atoms with Crippen LogP contribution >= 0.6 is 21.6 Å². The molecule has 0 unspecified atom stereocenters. The van der Waals surface area contributed by atoms with Gasteiger partial charge in [0.1, 0.15) is 5.78 Å². The van der Waals surface area contributed by atoms with Crippen LogP contribution in [0.2, 0.25) is 0 Å². The van der Waals surface area contributed by atoms with E-state index in [1.54, 1.807) is 28.5 Å². The van der Waals surface area contributed by atoms with Gasteiger partial charge in [-0.25, -0.2) is 0 Å². The number of hydrogen-bond acceptors (Lipinski definition) is 5. The van der Waals surface area contributed by atoms with E-state index >= 15 is 0 Å². The van der Waals surface area contributed by atoms with E-state index in [9.17, 15) is 9.59 Å². The first-order valence-electron chi connectivity index (χ1n) is 5.87. The summed E-state index contributed by atoms with van der Waals surface area (Å²) < 4.78 is 0. The summed E-state index contributed by atoms with van der Waals surface area (Å²) in [7, 11) is 3.46. The molecular formula is C11H22N2O2S2. The predicted molar refractivity (Wildman–Crippen MR) is 76.1 cm³/mol. The molecule has 0 aromatic heterocycles. The van der Waals surface area contributed by atoms with E-state index in [1.807, 2.05) is 0 Å². The molecule has 0 spiro atoms. The van der Waals surface area contributed by atoms with Gasteiger partial charge in [0.25, 0.3) is 0 Å². The third-order valence-corrected chi connectivity index (χ3v) is 4.41. The van der Waals surface area contributed by atoms with E-state index in [0.717, 1.165) is 24.3 Å². The molecular weight excluding hydrogens is 256 g/mol. The van der Waals surface area contributed by atoms with Crippen LogP contribution in [0.25, 0.3) is 0 Å². The van der Waals surface area contributed by atoms with Crippen molar-refractivity contribution in [1.82, 2.24) is 5.32 Å². The molecule has 0 radical (unpaired) electrons. The second kappa shape index (κ2) is 12.3. The molecule has 1 amide bonds. The van der Waals surface area contributed by atoms with E-state index in [-0.39, 0.29) is 11.7 Å². The maximum Gasteiger partial charge on any atom is 0.220 e. The normalized spacial score (nSPS) is 10.2. The summed E-state index contributed by atoms with van der Waals surface area (Å²) >= 11 is 0. The van der Waals surface area contributed by atoms with Crippen LogP contribution in [0, 0.1) is 0 Å². The van der Waals surface area contributed by atoms with Crippen molar-refractivity contribution in [3.05, 3.63) is 0 Å². The molecule has 100 valence electrons. The molecule has 0 saturated heterocycles. The Morgan fingerprint density at radius 2 is 1.76 bits per heavy atom. The molecule has 17 heavy (non-hydrogen) atoms. The Labute approximate surface area is 111 Å². The average molecular weight is 278 g/mol. The Kier molecular flexibility index (Phi) is 12.1. The lowest BCUT2D eigenvalue weighted by Gasteiger charge is -2.04. The number of rotatable bonds is 11. The maximum atomic E-state index is 11.3. The number of Topliss-reactive ketones (excluding diaryl/α,β-unsaturated/α-hetero) is 1. The Bertz CT molecular complexity index is 226. The highest BCUT2D eigenvalue weighted by Crippen LogP contribution is 2.18. The lowest BCUT2D eigenvalue weighted by atomic mass is 10.1. The highest BCUT2D eigenvalue weighted by Gasteiger charge is 2.01. The fraction of sp³-hybridized carbons (Fsp3) is 0.818. The van der Waals surface area contributed by atoms with Crippen LogP contribution in [0.1, 0.15) is 32.6 Å². The highest BCUT2D eigenvalue weighted by molar-refractivity contribution is 8.76. The molecule has 0 aromatic rings. The van der Waals surface area contributed by atoms with Gasteiger partial charge >= 0.3 is 0 Å².